The molecule has 1 aromatic carbocycles. The predicted molar refractivity (Wildman–Crippen MR) is 94.6 cm³/mol. The van der Waals surface area contributed by atoms with Gasteiger partial charge in [-0.1, -0.05) is 12.1 Å². The van der Waals surface area contributed by atoms with Gasteiger partial charge >= 0.3 is 12.1 Å². The van der Waals surface area contributed by atoms with Gasteiger partial charge in [0.15, 0.2) is 5.11 Å². The molecule has 0 fully saturated rings. The summed E-state index contributed by atoms with van der Waals surface area (Å²) in [4.78, 5) is 23.1. The lowest BCUT2D eigenvalue weighted by atomic mass is 10.1. The molecule has 1 amide bonds. The van der Waals surface area contributed by atoms with Crippen LogP contribution >= 0.6 is 34.8 Å². The molecule has 0 heterocycles. The van der Waals surface area contributed by atoms with Crippen molar-refractivity contribution in [3.63, 3.8) is 0 Å². The topological polar surface area (TPSA) is 76.7 Å². The molecule has 0 radical (unpaired) electrons. The zero-order valence-corrected chi connectivity index (χ0v) is 15.2. The molecule has 0 aromatic heterocycles. The quantitative estimate of drug-likeness (QED) is 0.418. The highest BCUT2D eigenvalue weighted by molar-refractivity contribution is 14.1. The Bertz CT molecular complexity index is 536. The highest BCUT2D eigenvalue weighted by Gasteiger charge is 2.21. The maximum atomic E-state index is 11.8. The minimum absolute atomic E-state index is 0.0133. The average Bonchev–Trinajstić information content (AvgIpc) is 2.48. The molecule has 22 heavy (non-hydrogen) atoms. The number of nitrogens with one attached hydrogen (secondary N) is 2. The summed E-state index contributed by atoms with van der Waals surface area (Å²) in [6.07, 6.45) is -0.285. The molecule has 1 atom stereocenters. The SMILES string of the molecule is CCOC(=O)NC(=S)NC(Cc1ccc(I)cc1)C(=O)OC. The summed E-state index contributed by atoms with van der Waals surface area (Å²) < 4.78 is 10.6. The van der Waals surface area contributed by atoms with Crippen LogP contribution < -0.4 is 10.6 Å². The zero-order valence-electron chi connectivity index (χ0n) is 12.2. The van der Waals surface area contributed by atoms with Crippen LogP contribution in [0, 0.1) is 3.57 Å². The normalized spacial score (nSPS) is 11.2. The molecule has 0 saturated carbocycles. The number of carbonyl (C=O) groups is 2. The standard InChI is InChI=1S/C14H17IN2O4S/c1-3-21-14(19)17-13(22)16-11(12(18)20-2)8-9-4-6-10(15)7-5-9/h4-7,11H,3,8H2,1-2H3,(H2,16,17,19,22). The molecule has 0 aliphatic rings. The number of methoxy groups -OCH3 is 1. The maximum Gasteiger partial charge on any atom is 0.413 e. The Morgan fingerprint density at radius 3 is 2.50 bits per heavy atom. The Morgan fingerprint density at radius 1 is 1.32 bits per heavy atom. The number of halogens is 1. The van der Waals surface area contributed by atoms with E-state index < -0.39 is 18.1 Å². The molecule has 2 N–H and O–H groups in total. The lowest BCUT2D eigenvalue weighted by Gasteiger charge is -2.18. The number of esters is 1. The van der Waals surface area contributed by atoms with Gasteiger partial charge in [-0.3, -0.25) is 5.32 Å². The highest BCUT2D eigenvalue weighted by Crippen LogP contribution is 2.09. The van der Waals surface area contributed by atoms with Crippen molar-refractivity contribution in [3.05, 3.63) is 33.4 Å². The van der Waals surface area contributed by atoms with E-state index in [1.54, 1.807) is 6.92 Å². The van der Waals surface area contributed by atoms with E-state index in [0.29, 0.717) is 6.42 Å². The first kappa shape index (κ1) is 18.6. The van der Waals surface area contributed by atoms with Crippen LogP contribution in [0.3, 0.4) is 0 Å². The van der Waals surface area contributed by atoms with Crippen molar-refractivity contribution >= 4 is 52.0 Å². The van der Waals surface area contributed by atoms with Crippen LogP contribution in [0.4, 0.5) is 4.79 Å². The van der Waals surface area contributed by atoms with Gasteiger partial charge in [0.05, 0.1) is 13.7 Å². The first-order chi connectivity index (χ1) is 10.5. The Kier molecular flexibility index (Phi) is 8.10. The van der Waals surface area contributed by atoms with E-state index in [0.717, 1.165) is 9.13 Å². The highest BCUT2D eigenvalue weighted by atomic mass is 127. The van der Waals surface area contributed by atoms with Gasteiger partial charge in [0.25, 0.3) is 0 Å². The monoisotopic (exact) mass is 436 g/mol. The van der Waals surface area contributed by atoms with Crippen molar-refractivity contribution in [1.82, 2.24) is 10.6 Å². The average molecular weight is 436 g/mol. The molecule has 1 rings (SSSR count). The lowest BCUT2D eigenvalue weighted by Crippen LogP contribution is -2.49. The number of hydrogen-bond donors (Lipinski definition) is 2. The number of benzene rings is 1. The van der Waals surface area contributed by atoms with Crippen LogP contribution in [-0.2, 0) is 20.7 Å². The number of amides is 1. The fraction of sp³-hybridized carbons (Fsp3) is 0.357. The van der Waals surface area contributed by atoms with E-state index >= 15 is 0 Å². The summed E-state index contributed by atoms with van der Waals surface area (Å²) in [5, 5.41) is 5.11. The third kappa shape index (κ3) is 6.56. The third-order valence-electron chi connectivity index (χ3n) is 2.64. The number of rotatable bonds is 5. The van der Waals surface area contributed by atoms with Crippen LogP contribution in [0.1, 0.15) is 12.5 Å². The second kappa shape index (κ2) is 9.57. The molecule has 0 aliphatic heterocycles. The Balaban J connectivity index is 2.68. The fourth-order valence-corrected chi connectivity index (χ4v) is 2.23. The van der Waals surface area contributed by atoms with E-state index in [-0.39, 0.29) is 11.7 Å². The van der Waals surface area contributed by atoms with Crippen LogP contribution in [0.5, 0.6) is 0 Å². The summed E-state index contributed by atoms with van der Waals surface area (Å²) in [6, 6.07) is 7.03. The van der Waals surface area contributed by atoms with E-state index in [2.05, 4.69) is 33.2 Å². The van der Waals surface area contributed by atoms with E-state index in [1.165, 1.54) is 7.11 Å². The summed E-state index contributed by atoms with van der Waals surface area (Å²) in [5.41, 5.74) is 0.947. The summed E-state index contributed by atoms with van der Waals surface area (Å²) >= 11 is 7.20. The first-order valence-electron chi connectivity index (χ1n) is 6.52. The van der Waals surface area contributed by atoms with Gasteiger partial charge in [-0.25, -0.2) is 9.59 Å². The predicted octanol–water partition coefficient (Wildman–Crippen LogP) is 2.00. The van der Waals surface area contributed by atoms with E-state index in [1.807, 2.05) is 24.3 Å². The van der Waals surface area contributed by atoms with Crippen LogP contribution in [-0.4, -0.2) is 36.9 Å². The van der Waals surface area contributed by atoms with Crippen molar-refractivity contribution in [2.75, 3.05) is 13.7 Å². The molecule has 1 unspecified atom stereocenters. The van der Waals surface area contributed by atoms with Gasteiger partial charge in [0.1, 0.15) is 6.04 Å². The molecular weight excluding hydrogens is 419 g/mol. The third-order valence-corrected chi connectivity index (χ3v) is 3.57. The number of ether oxygens (including phenoxy) is 2. The van der Waals surface area contributed by atoms with Crippen molar-refractivity contribution in [2.24, 2.45) is 0 Å². The second-order valence-electron chi connectivity index (χ2n) is 4.23. The van der Waals surface area contributed by atoms with E-state index in [4.69, 9.17) is 21.7 Å². The van der Waals surface area contributed by atoms with Crippen molar-refractivity contribution < 1.29 is 19.1 Å². The largest absolute Gasteiger partial charge is 0.467 e. The molecule has 0 spiro atoms. The van der Waals surface area contributed by atoms with Crippen molar-refractivity contribution in [3.8, 4) is 0 Å². The zero-order chi connectivity index (χ0) is 16.5. The molecule has 0 saturated heterocycles. The van der Waals surface area contributed by atoms with Crippen LogP contribution in [0.2, 0.25) is 0 Å². The van der Waals surface area contributed by atoms with Crippen LogP contribution in [0.25, 0.3) is 0 Å². The number of thiocarbonyl (C=S) groups is 1. The van der Waals surface area contributed by atoms with Crippen molar-refractivity contribution in [1.29, 1.82) is 0 Å². The van der Waals surface area contributed by atoms with E-state index in [9.17, 15) is 9.59 Å². The molecule has 8 heteroatoms. The van der Waals surface area contributed by atoms with Gasteiger partial charge in [0.2, 0.25) is 0 Å². The number of carbonyl (C=O) groups excluding carboxylic acids is 2. The Hall–Kier alpha value is -1.42. The van der Waals surface area contributed by atoms with Gasteiger partial charge in [-0.05, 0) is 59.4 Å². The minimum Gasteiger partial charge on any atom is -0.467 e. The van der Waals surface area contributed by atoms with Gasteiger partial charge < -0.3 is 14.8 Å². The molecule has 1 aromatic rings. The second-order valence-corrected chi connectivity index (χ2v) is 5.88. The summed E-state index contributed by atoms with van der Waals surface area (Å²) in [5.74, 6) is -0.466. The Labute approximate surface area is 148 Å². The molecule has 120 valence electrons. The number of alkyl carbamates (subject to hydrolysis) is 1. The minimum atomic E-state index is -0.695. The summed E-state index contributed by atoms with van der Waals surface area (Å²) in [6.45, 7) is 1.92. The van der Waals surface area contributed by atoms with Gasteiger partial charge in [-0.2, -0.15) is 0 Å². The Morgan fingerprint density at radius 2 is 1.95 bits per heavy atom. The van der Waals surface area contributed by atoms with Gasteiger partial charge in [0, 0.05) is 9.99 Å². The molecular formula is C14H17IN2O4S. The molecule has 0 bridgehead atoms. The fourth-order valence-electron chi connectivity index (χ4n) is 1.65. The van der Waals surface area contributed by atoms with Crippen LogP contribution in [0.15, 0.2) is 24.3 Å². The lowest BCUT2D eigenvalue weighted by molar-refractivity contribution is -0.142. The van der Waals surface area contributed by atoms with Gasteiger partial charge in [-0.15, -0.1) is 0 Å². The maximum absolute atomic E-state index is 11.8. The van der Waals surface area contributed by atoms with Crippen molar-refractivity contribution in [2.45, 2.75) is 19.4 Å². The smallest absolute Gasteiger partial charge is 0.413 e. The summed E-state index contributed by atoms with van der Waals surface area (Å²) in [7, 11) is 1.30. The molecule has 0 aliphatic carbocycles. The number of hydrogen-bond acceptors (Lipinski definition) is 5. The molecule has 6 nitrogen and oxygen atoms in total. The first-order valence-corrected chi connectivity index (χ1v) is 8.01.